The molecule has 0 atom stereocenters. The van der Waals surface area contributed by atoms with E-state index in [1.165, 1.54) is 6.92 Å². The first-order valence-corrected chi connectivity index (χ1v) is 3.68. The fourth-order valence-electron chi connectivity index (χ4n) is 0. The van der Waals surface area contributed by atoms with Crippen LogP contribution >= 0.6 is 20.4 Å². The van der Waals surface area contributed by atoms with Crippen LogP contribution < -0.4 is 0 Å². The van der Waals surface area contributed by atoms with Crippen LogP contribution in [0.2, 0.25) is 0 Å². The number of rotatable bonds is 0. The molecule has 0 fully saturated rings. The average molecular weight is 171 g/mol. The molecule has 0 saturated heterocycles. The van der Waals surface area contributed by atoms with Gasteiger partial charge in [0.15, 0.2) is 0 Å². The molecule has 1 nitrogen and oxygen atoms in total. The molecular weight excluding hydrogens is 168 g/mol. The summed E-state index contributed by atoms with van der Waals surface area (Å²) in [5.41, 5.74) is 0. The van der Waals surface area contributed by atoms with E-state index in [-0.39, 0.29) is 0 Å². The first-order valence-electron chi connectivity index (χ1n) is 0.963. The summed E-state index contributed by atoms with van der Waals surface area (Å²) in [6.45, 7) is 1.43. The molecule has 0 aliphatic carbocycles. The maximum atomic E-state index is 7.32. The topological polar surface area (TPSA) is 23.8 Å². The second-order valence-corrected chi connectivity index (χ2v) is 1.90. The van der Waals surface area contributed by atoms with E-state index in [0.717, 1.165) is 0 Å². The third-order valence-corrected chi connectivity index (χ3v) is 0. The van der Waals surface area contributed by atoms with E-state index in [1.54, 1.807) is 6.07 Å². The predicted molar refractivity (Wildman–Crippen MR) is 23.0 cm³/mol. The van der Waals surface area contributed by atoms with Crippen molar-refractivity contribution < 1.29 is 12.7 Å². The maximum absolute atomic E-state index is 7.32. The second-order valence-electron chi connectivity index (χ2n) is 0.269. The van der Waals surface area contributed by atoms with Crippen molar-refractivity contribution >= 4 is 20.4 Å². The zero-order valence-corrected chi connectivity index (χ0v) is 5.52. The zero-order chi connectivity index (χ0) is 5.41. The number of hydrogen-bond acceptors (Lipinski definition) is 1. The van der Waals surface area contributed by atoms with Gasteiger partial charge in [-0.1, -0.05) is 0 Å². The third-order valence-electron chi connectivity index (χ3n) is 0. The summed E-state index contributed by atoms with van der Waals surface area (Å²) in [4.78, 5) is 0. The molecule has 0 bridgehead atoms. The predicted octanol–water partition coefficient (Wildman–Crippen LogP) is 1.91. The Labute approximate surface area is 51.6 Å². The number of hydrogen-bond donors (Lipinski definition) is 0. The van der Waals surface area contributed by atoms with Gasteiger partial charge in [-0.15, -0.1) is 0 Å². The molecule has 0 amide bonds. The molecule has 0 aromatic heterocycles. The SMILES string of the molecule is CC#N.[Cl][Ni][Cl]. The van der Waals surface area contributed by atoms with Crippen LogP contribution in [0.25, 0.3) is 0 Å². The Balaban J connectivity index is 0. The Morgan fingerprint density at radius 2 is 1.67 bits per heavy atom. The molecule has 0 saturated carbocycles. The van der Waals surface area contributed by atoms with Gasteiger partial charge < -0.3 is 0 Å². The molecule has 6 heavy (non-hydrogen) atoms. The monoisotopic (exact) mass is 169 g/mol. The normalized spacial score (nSPS) is 5.00. The van der Waals surface area contributed by atoms with Gasteiger partial charge in [-0.25, -0.2) is 0 Å². The molecule has 0 aliphatic rings. The molecule has 4 heteroatoms. The zero-order valence-electron chi connectivity index (χ0n) is 3.02. The molecule has 0 rings (SSSR count). The fraction of sp³-hybridized carbons (Fsp3) is 0.500. The van der Waals surface area contributed by atoms with Crippen molar-refractivity contribution in [2.75, 3.05) is 0 Å². The molecule has 40 valence electrons. The Morgan fingerprint density at radius 3 is 1.67 bits per heavy atom. The fourth-order valence-corrected chi connectivity index (χ4v) is 0. The Kier molecular flexibility index (Phi) is 28.7. The molecule has 0 heterocycles. The van der Waals surface area contributed by atoms with Crippen molar-refractivity contribution in [1.29, 1.82) is 5.26 Å². The van der Waals surface area contributed by atoms with Crippen LogP contribution in [0.3, 0.4) is 0 Å². The Hall–Kier alpha value is 0.564. The van der Waals surface area contributed by atoms with Crippen molar-refractivity contribution in [2.45, 2.75) is 6.92 Å². The van der Waals surface area contributed by atoms with E-state index in [0.29, 0.717) is 12.7 Å². The molecule has 0 aromatic rings. The van der Waals surface area contributed by atoms with Gasteiger partial charge in [-0.05, 0) is 0 Å². The van der Waals surface area contributed by atoms with Crippen molar-refractivity contribution in [3.8, 4) is 6.07 Å². The van der Waals surface area contributed by atoms with Crippen LogP contribution in [0.5, 0.6) is 0 Å². The van der Waals surface area contributed by atoms with Gasteiger partial charge in [-0.2, -0.15) is 5.26 Å². The van der Waals surface area contributed by atoms with Crippen LogP contribution in [-0.2, 0) is 12.7 Å². The van der Waals surface area contributed by atoms with E-state index in [2.05, 4.69) is 0 Å². The Morgan fingerprint density at radius 1 is 1.67 bits per heavy atom. The number of halogens is 2. The first-order chi connectivity index (χ1) is 2.83. The molecule has 0 radical (unpaired) electrons. The van der Waals surface area contributed by atoms with Crippen LogP contribution in [0.4, 0.5) is 0 Å². The second kappa shape index (κ2) is 17.6. The van der Waals surface area contributed by atoms with E-state index < -0.39 is 0 Å². The molecule has 0 spiro atoms. The summed E-state index contributed by atoms with van der Waals surface area (Å²) in [6, 6.07) is 1.75. The number of nitrogens with zero attached hydrogens (tertiary/aromatic N) is 1. The van der Waals surface area contributed by atoms with Gasteiger partial charge >= 0.3 is 33.0 Å². The van der Waals surface area contributed by atoms with E-state index in [1.807, 2.05) is 0 Å². The summed E-state index contributed by atoms with van der Waals surface area (Å²) in [5, 5.41) is 7.32. The van der Waals surface area contributed by atoms with Gasteiger partial charge in [0.25, 0.3) is 0 Å². The quantitative estimate of drug-likeness (QED) is 0.510. The van der Waals surface area contributed by atoms with Crippen LogP contribution in [0.1, 0.15) is 6.92 Å². The summed E-state index contributed by atoms with van der Waals surface area (Å²) in [5.74, 6) is 0. The van der Waals surface area contributed by atoms with Crippen LogP contribution in [0, 0.1) is 11.3 Å². The van der Waals surface area contributed by atoms with E-state index in [9.17, 15) is 0 Å². The number of nitriles is 1. The van der Waals surface area contributed by atoms with Crippen molar-refractivity contribution in [3.63, 3.8) is 0 Å². The molecular formula is C2H3Cl2NNi. The third kappa shape index (κ3) is 182. The van der Waals surface area contributed by atoms with Crippen LogP contribution in [0.15, 0.2) is 0 Å². The molecule has 0 N–H and O–H groups in total. The van der Waals surface area contributed by atoms with E-state index in [4.69, 9.17) is 25.7 Å². The summed E-state index contributed by atoms with van der Waals surface area (Å²) < 4.78 is 0. The standard InChI is InChI=1S/C2H3N.2ClH.Ni/c1-2-3;;;/h1H3;2*1H;/q;;;+2/p-2. The first kappa shape index (κ1) is 9.76. The minimum absolute atomic E-state index is 0.569. The van der Waals surface area contributed by atoms with Crippen molar-refractivity contribution in [3.05, 3.63) is 0 Å². The van der Waals surface area contributed by atoms with Crippen molar-refractivity contribution in [2.24, 2.45) is 0 Å². The van der Waals surface area contributed by atoms with Gasteiger partial charge in [-0.3, -0.25) is 0 Å². The summed E-state index contributed by atoms with van der Waals surface area (Å²) in [6.07, 6.45) is 0. The molecule has 0 aromatic carbocycles. The Bertz CT molecular complexity index is 41.3. The summed E-state index contributed by atoms with van der Waals surface area (Å²) in [7, 11) is 9.40. The minimum atomic E-state index is 0.569. The van der Waals surface area contributed by atoms with Gasteiger partial charge in [0.05, 0.1) is 6.07 Å². The average Bonchev–Trinajstić information content (AvgIpc) is 1.39. The van der Waals surface area contributed by atoms with Gasteiger partial charge in [0, 0.05) is 6.92 Å². The van der Waals surface area contributed by atoms with Crippen LogP contribution in [-0.4, -0.2) is 0 Å². The van der Waals surface area contributed by atoms with Gasteiger partial charge in [0.2, 0.25) is 0 Å². The van der Waals surface area contributed by atoms with E-state index >= 15 is 0 Å². The summed E-state index contributed by atoms with van der Waals surface area (Å²) >= 11 is 0.569. The molecule has 0 aliphatic heterocycles. The molecule has 0 unspecified atom stereocenters. The van der Waals surface area contributed by atoms with Gasteiger partial charge in [0.1, 0.15) is 0 Å². The van der Waals surface area contributed by atoms with Crippen molar-refractivity contribution in [1.82, 2.24) is 0 Å².